The highest BCUT2D eigenvalue weighted by Gasteiger charge is 2.67. The van der Waals surface area contributed by atoms with Crippen molar-refractivity contribution in [2.75, 3.05) is 13.1 Å². The molecule has 1 aliphatic rings. The molecule has 2 aromatic rings. The lowest BCUT2D eigenvalue weighted by atomic mass is 9.98. The molecule has 0 bridgehead atoms. The van der Waals surface area contributed by atoms with Crippen molar-refractivity contribution >= 4 is 35.2 Å². The average Bonchev–Trinajstić information content (AvgIpc) is 2.93. The summed E-state index contributed by atoms with van der Waals surface area (Å²) in [6.45, 7) is 5.81. The van der Waals surface area contributed by atoms with Crippen LogP contribution in [0.15, 0.2) is 48.5 Å². The third kappa shape index (κ3) is 3.68. The summed E-state index contributed by atoms with van der Waals surface area (Å²) >= 11 is 13.0. The van der Waals surface area contributed by atoms with E-state index in [1.807, 2.05) is 35.2 Å². The van der Waals surface area contributed by atoms with E-state index in [4.69, 9.17) is 23.2 Å². The number of nitrogens with zero attached hydrogens (tertiary/aromatic N) is 2. The molecule has 7 heteroatoms. The first-order valence-electron chi connectivity index (χ1n) is 9.48. The Kier molecular flexibility index (Phi) is 6.06. The summed E-state index contributed by atoms with van der Waals surface area (Å²) in [5.74, 6) is -0.376. The summed E-state index contributed by atoms with van der Waals surface area (Å²) in [5.41, 5.74) is 0.685. The minimum atomic E-state index is -1.20. The second kappa shape index (κ2) is 8.07. The number of benzene rings is 2. The molecule has 0 saturated carbocycles. The molecule has 1 saturated heterocycles. The highest BCUT2D eigenvalue weighted by atomic mass is 35.5. The molecule has 5 nitrogen and oxygen atoms in total. The fourth-order valence-electron chi connectivity index (χ4n) is 4.24. The second-order valence-corrected chi connectivity index (χ2v) is 9.10. The molecule has 1 fully saturated rings. The van der Waals surface area contributed by atoms with Crippen molar-refractivity contribution in [3.63, 3.8) is 0 Å². The van der Waals surface area contributed by atoms with Crippen LogP contribution in [-0.4, -0.2) is 45.1 Å². The minimum absolute atomic E-state index is 0.0165. The van der Waals surface area contributed by atoms with Crippen LogP contribution in [-0.2, 0) is 11.2 Å². The van der Waals surface area contributed by atoms with Gasteiger partial charge in [0.1, 0.15) is 12.1 Å². The molecular formula is C22H25Cl2N2O3+. The molecule has 2 amide bonds. The Bertz CT molecular complexity index is 907. The molecule has 1 N–H and O–H groups in total. The van der Waals surface area contributed by atoms with E-state index >= 15 is 0 Å². The van der Waals surface area contributed by atoms with Crippen molar-refractivity contribution in [1.29, 1.82) is 0 Å². The summed E-state index contributed by atoms with van der Waals surface area (Å²) in [6.07, 6.45) is -1.34. The largest absolute Gasteiger partial charge is 0.523 e. The SMILES string of the molecule is CC(C)(C)[N+]1(C(=O)O)C(=O)CN(CCc2ccccc2)[C@@H]1c1c(Cl)cccc1Cl. The van der Waals surface area contributed by atoms with Gasteiger partial charge in [0.15, 0.2) is 6.17 Å². The van der Waals surface area contributed by atoms with Crippen molar-refractivity contribution in [3.05, 3.63) is 69.7 Å². The van der Waals surface area contributed by atoms with Gasteiger partial charge in [-0.15, -0.1) is 4.48 Å². The molecule has 0 aliphatic carbocycles. The zero-order valence-corrected chi connectivity index (χ0v) is 18.2. The van der Waals surface area contributed by atoms with Gasteiger partial charge in [-0.2, -0.15) is 4.79 Å². The van der Waals surface area contributed by atoms with Crippen LogP contribution in [0.25, 0.3) is 0 Å². The van der Waals surface area contributed by atoms with Gasteiger partial charge in [0.05, 0.1) is 15.6 Å². The molecule has 1 heterocycles. The number of quaternary nitrogens is 1. The second-order valence-electron chi connectivity index (χ2n) is 8.28. The van der Waals surface area contributed by atoms with Crippen molar-refractivity contribution in [2.45, 2.75) is 38.9 Å². The quantitative estimate of drug-likeness (QED) is 0.655. The summed E-state index contributed by atoms with van der Waals surface area (Å²) in [5, 5.41) is 11.0. The fraction of sp³-hybridized carbons (Fsp3) is 0.364. The lowest BCUT2D eigenvalue weighted by Crippen LogP contribution is -2.66. The van der Waals surface area contributed by atoms with Gasteiger partial charge < -0.3 is 5.11 Å². The number of carbonyl (C=O) groups excluding carboxylic acids is 1. The molecule has 0 aromatic heterocycles. The molecule has 3 rings (SSSR count). The van der Waals surface area contributed by atoms with Gasteiger partial charge in [-0.1, -0.05) is 59.6 Å². The van der Waals surface area contributed by atoms with Crippen LogP contribution in [0, 0.1) is 0 Å². The number of halogens is 2. The Morgan fingerprint density at radius 1 is 1.10 bits per heavy atom. The molecule has 1 unspecified atom stereocenters. The van der Waals surface area contributed by atoms with Gasteiger partial charge in [0, 0.05) is 6.54 Å². The highest BCUT2D eigenvalue weighted by Crippen LogP contribution is 2.48. The molecular weight excluding hydrogens is 411 g/mol. The number of hydrogen-bond acceptors (Lipinski definition) is 3. The van der Waals surface area contributed by atoms with Gasteiger partial charge >= 0.3 is 12.0 Å². The Labute approximate surface area is 181 Å². The Morgan fingerprint density at radius 2 is 1.69 bits per heavy atom. The van der Waals surface area contributed by atoms with Crippen molar-refractivity contribution in [3.8, 4) is 0 Å². The molecule has 2 aromatic carbocycles. The first kappa shape index (κ1) is 21.8. The fourth-order valence-corrected chi connectivity index (χ4v) is 4.84. The Hall–Kier alpha value is -1.92. The summed E-state index contributed by atoms with van der Waals surface area (Å²) < 4.78 is -0.773. The van der Waals surface area contributed by atoms with E-state index in [2.05, 4.69) is 0 Å². The number of rotatable bonds is 4. The van der Waals surface area contributed by atoms with Crippen LogP contribution in [0.1, 0.15) is 38.1 Å². The van der Waals surface area contributed by atoms with E-state index in [1.54, 1.807) is 39.0 Å². The summed E-state index contributed by atoms with van der Waals surface area (Å²) in [7, 11) is 0. The van der Waals surface area contributed by atoms with E-state index in [9.17, 15) is 14.7 Å². The summed E-state index contributed by atoms with van der Waals surface area (Å²) in [4.78, 5) is 27.8. The maximum Gasteiger partial charge on any atom is 0.523 e. The topological polar surface area (TPSA) is 57.6 Å². The zero-order valence-electron chi connectivity index (χ0n) is 16.7. The van der Waals surface area contributed by atoms with E-state index < -0.39 is 22.3 Å². The van der Waals surface area contributed by atoms with Gasteiger partial charge in [0.25, 0.3) is 0 Å². The van der Waals surface area contributed by atoms with Crippen LogP contribution in [0.5, 0.6) is 0 Å². The predicted octanol–water partition coefficient (Wildman–Crippen LogP) is 5.37. The lowest BCUT2D eigenvalue weighted by molar-refractivity contribution is -0.862. The number of imide groups is 1. The smallest absolute Gasteiger partial charge is 0.435 e. The van der Waals surface area contributed by atoms with Gasteiger partial charge in [-0.3, -0.25) is 0 Å². The predicted molar refractivity (Wildman–Crippen MR) is 114 cm³/mol. The zero-order chi connectivity index (χ0) is 21.4. The van der Waals surface area contributed by atoms with Crippen LogP contribution in [0.2, 0.25) is 10.0 Å². The molecule has 154 valence electrons. The number of hydrogen-bond donors (Lipinski definition) is 1. The van der Waals surface area contributed by atoms with Crippen LogP contribution in [0.3, 0.4) is 0 Å². The third-order valence-electron chi connectivity index (χ3n) is 5.59. The number of amides is 2. The highest BCUT2D eigenvalue weighted by molar-refractivity contribution is 6.36. The van der Waals surface area contributed by atoms with E-state index in [0.717, 1.165) is 5.56 Å². The standard InChI is InChI=1S/C22H24Cl2N2O3/c1-22(2,3)26(21(28)29)18(27)14-25(13-12-15-8-5-4-6-9-15)20(26)19-16(23)10-7-11-17(19)24/h4-11,20H,12-14H2,1-3H3/p+1/t20-,26?/m0/s1. The molecule has 0 spiro atoms. The number of carboxylic acid groups (broad SMARTS) is 1. The van der Waals surface area contributed by atoms with E-state index in [-0.39, 0.29) is 12.5 Å². The van der Waals surface area contributed by atoms with Crippen molar-refractivity contribution < 1.29 is 19.2 Å². The Morgan fingerprint density at radius 3 is 2.21 bits per heavy atom. The normalized spacial score (nSPS) is 22.8. The third-order valence-corrected chi connectivity index (χ3v) is 6.25. The monoisotopic (exact) mass is 435 g/mol. The van der Waals surface area contributed by atoms with Crippen LogP contribution < -0.4 is 0 Å². The summed E-state index contributed by atoms with van der Waals surface area (Å²) in [6, 6.07) is 15.0. The maximum atomic E-state index is 13.3. The molecule has 2 atom stereocenters. The number of carbonyl (C=O) groups is 2. The molecule has 29 heavy (non-hydrogen) atoms. The van der Waals surface area contributed by atoms with Crippen molar-refractivity contribution in [2.24, 2.45) is 0 Å². The van der Waals surface area contributed by atoms with Crippen LogP contribution in [0.4, 0.5) is 4.79 Å². The molecule has 0 radical (unpaired) electrons. The first-order valence-corrected chi connectivity index (χ1v) is 10.2. The van der Waals surface area contributed by atoms with E-state index in [1.165, 1.54) is 0 Å². The van der Waals surface area contributed by atoms with Gasteiger partial charge in [-0.25, -0.2) is 9.69 Å². The van der Waals surface area contributed by atoms with Gasteiger partial charge in [0.2, 0.25) is 0 Å². The first-order chi connectivity index (χ1) is 13.6. The minimum Gasteiger partial charge on any atom is -0.435 e. The van der Waals surface area contributed by atoms with Gasteiger partial charge in [-0.05, 0) is 44.9 Å². The van der Waals surface area contributed by atoms with E-state index in [0.29, 0.717) is 28.6 Å². The van der Waals surface area contributed by atoms with Crippen molar-refractivity contribution in [1.82, 2.24) is 4.90 Å². The lowest BCUT2D eigenvalue weighted by Gasteiger charge is -2.43. The maximum absolute atomic E-state index is 13.3. The molecule has 1 aliphatic heterocycles. The Balaban J connectivity index is 2.14. The van der Waals surface area contributed by atoms with Crippen LogP contribution >= 0.6 is 23.2 Å². The average molecular weight is 436 g/mol.